The van der Waals surface area contributed by atoms with Gasteiger partial charge in [-0.05, 0) is 36.8 Å². The number of halogens is 1. The normalized spacial score (nSPS) is 11.4. The molecule has 3 rings (SSSR count). The highest BCUT2D eigenvalue weighted by Crippen LogP contribution is 2.31. The van der Waals surface area contributed by atoms with Crippen molar-refractivity contribution in [1.82, 2.24) is 4.98 Å². The number of H-pyrrole nitrogens is 1. The number of aromatic amines is 1. The van der Waals surface area contributed by atoms with Crippen molar-refractivity contribution in [3.63, 3.8) is 0 Å². The highest BCUT2D eigenvalue weighted by molar-refractivity contribution is 6.31. The zero-order valence-corrected chi connectivity index (χ0v) is 9.60. The number of nitrogens with two attached hydrogens (primary N) is 1. The summed E-state index contributed by atoms with van der Waals surface area (Å²) in [5.41, 5.74) is 9.91. The largest absolute Gasteiger partial charge is 0.399 e. The predicted molar refractivity (Wildman–Crippen MR) is 70.0 cm³/mol. The number of nitrogens with one attached hydrogen (secondary N) is 1. The Balaban J connectivity index is 2.56. The van der Waals surface area contributed by atoms with E-state index in [9.17, 15) is 0 Å². The lowest BCUT2D eigenvalue weighted by atomic mass is 10.1. The minimum atomic E-state index is 0.740. The van der Waals surface area contributed by atoms with Crippen molar-refractivity contribution in [3.05, 3.63) is 40.9 Å². The summed E-state index contributed by atoms with van der Waals surface area (Å²) in [7, 11) is 0. The van der Waals surface area contributed by atoms with Crippen molar-refractivity contribution in [3.8, 4) is 0 Å². The van der Waals surface area contributed by atoms with Crippen molar-refractivity contribution >= 4 is 39.1 Å². The Bertz CT molecular complexity index is 698. The van der Waals surface area contributed by atoms with Crippen molar-refractivity contribution in [1.29, 1.82) is 0 Å². The average molecular weight is 231 g/mol. The molecule has 2 nitrogen and oxygen atoms in total. The Hall–Kier alpha value is -1.67. The molecule has 0 aliphatic carbocycles. The summed E-state index contributed by atoms with van der Waals surface area (Å²) >= 11 is 5.97. The van der Waals surface area contributed by atoms with Crippen LogP contribution in [0.2, 0.25) is 5.02 Å². The fraction of sp³-hybridized carbons (Fsp3) is 0.0769. The summed E-state index contributed by atoms with van der Waals surface area (Å²) in [5, 5.41) is 3.16. The highest BCUT2D eigenvalue weighted by Gasteiger charge is 2.07. The number of aromatic nitrogens is 1. The number of hydrogen-bond acceptors (Lipinski definition) is 1. The van der Waals surface area contributed by atoms with Crippen LogP contribution in [0.1, 0.15) is 5.56 Å². The number of aryl methyl sites for hydroxylation is 1. The van der Waals surface area contributed by atoms with Crippen LogP contribution in [-0.2, 0) is 0 Å². The van der Waals surface area contributed by atoms with Gasteiger partial charge in [0, 0.05) is 32.5 Å². The van der Waals surface area contributed by atoms with Gasteiger partial charge in [0.15, 0.2) is 0 Å². The summed E-state index contributed by atoms with van der Waals surface area (Å²) < 4.78 is 0. The molecule has 0 radical (unpaired) electrons. The Morgan fingerprint density at radius 2 is 1.94 bits per heavy atom. The van der Waals surface area contributed by atoms with Gasteiger partial charge in [-0.3, -0.25) is 0 Å². The second-order valence-electron chi connectivity index (χ2n) is 4.08. The molecule has 0 saturated heterocycles. The third-order valence-corrected chi connectivity index (χ3v) is 3.11. The third-order valence-electron chi connectivity index (χ3n) is 2.88. The van der Waals surface area contributed by atoms with E-state index in [0.29, 0.717) is 0 Å². The molecule has 3 aromatic rings. The fourth-order valence-corrected chi connectivity index (χ4v) is 2.43. The second kappa shape index (κ2) is 3.16. The van der Waals surface area contributed by atoms with Crippen LogP contribution < -0.4 is 5.73 Å². The van der Waals surface area contributed by atoms with Crippen LogP contribution in [0, 0.1) is 6.92 Å². The Morgan fingerprint density at radius 1 is 1.12 bits per heavy atom. The molecule has 16 heavy (non-hydrogen) atoms. The van der Waals surface area contributed by atoms with Gasteiger partial charge in [-0.1, -0.05) is 17.7 Å². The fourth-order valence-electron chi connectivity index (χ4n) is 2.25. The molecule has 2 aromatic carbocycles. The molecule has 0 unspecified atom stereocenters. The molecule has 3 heteroatoms. The van der Waals surface area contributed by atoms with Crippen LogP contribution >= 0.6 is 11.6 Å². The topological polar surface area (TPSA) is 41.8 Å². The van der Waals surface area contributed by atoms with Crippen molar-refractivity contribution in [2.24, 2.45) is 0 Å². The van der Waals surface area contributed by atoms with E-state index in [1.165, 1.54) is 16.3 Å². The summed E-state index contributed by atoms with van der Waals surface area (Å²) in [6, 6.07) is 9.83. The molecule has 1 heterocycles. The molecular formula is C13H11ClN2. The molecule has 1 aromatic heterocycles. The number of fused-ring (bicyclic) bond motifs is 3. The van der Waals surface area contributed by atoms with E-state index in [0.717, 1.165) is 21.7 Å². The van der Waals surface area contributed by atoms with Gasteiger partial charge in [-0.15, -0.1) is 0 Å². The standard InChI is InChI=1S/C13H11ClN2/c1-7-4-9(15)6-12-13(7)10-3-2-8(14)5-11(10)16-12/h2-6,16H,15H2,1H3. The van der Waals surface area contributed by atoms with Gasteiger partial charge in [0.25, 0.3) is 0 Å². The number of nitrogen functional groups attached to an aromatic ring is 1. The molecule has 0 bridgehead atoms. The third kappa shape index (κ3) is 1.27. The van der Waals surface area contributed by atoms with Gasteiger partial charge in [0.2, 0.25) is 0 Å². The molecule has 0 atom stereocenters. The summed E-state index contributed by atoms with van der Waals surface area (Å²) in [4.78, 5) is 3.34. The zero-order valence-electron chi connectivity index (χ0n) is 8.84. The Kier molecular flexibility index (Phi) is 1.88. The van der Waals surface area contributed by atoms with Crippen LogP contribution in [-0.4, -0.2) is 4.98 Å². The summed E-state index contributed by atoms with van der Waals surface area (Å²) in [6.07, 6.45) is 0. The first-order valence-corrected chi connectivity index (χ1v) is 5.50. The number of benzene rings is 2. The van der Waals surface area contributed by atoms with Gasteiger partial charge in [0.1, 0.15) is 0 Å². The first-order valence-electron chi connectivity index (χ1n) is 5.12. The number of hydrogen-bond donors (Lipinski definition) is 2. The molecule has 0 aliphatic rings. The molecule has 0 aliphatic heterocycles. The number of rotatable bonds is 0. The number of anilines is 1. The van der Waals surface area contributed by atoms with Crippen LogP contribution in [0.3, 0.4) is 0 Å². The summed E-state index contributed by atoms with van der Waals surface area (Å²) in [6.45, 7) is 2.07. The second-order valence-corrected chi connectivity index (χ2v) is 4.51. The van der Waals surface area contributed by atoms with Crippen LogP contribution in [0.15, 0.2) is 30.3 Å². The molecule has 0 fully saturated rings. The molecule has 0 spiro atoms. The molecule has 0 saturated carbocycles. The van der Waals surface area contributed by atoms with Gasteiger partial charge >= 0.3 is 0 Å². The lowest BCUT2D eigenvalue weighted by molar-refractivity contribution is 1.51. The lowest BCUT2D eigenvalue weighted by Gasteiger charge is -1.99. The van der Waals surface area contributed by atoms with E-state index in [1.54, 1.807) is 0 Å². The molecule has 0 amide bonds. The smallest absolute Gasteiger partial charge is 0.0488 e. The lowest BCUT2D eigenvalue weighted by Crippen LogP contribution is -1.85. The van der Waals surface area contributed by atoms with E-state index in [2.05, 4.69) is 11.9 Å². The maximum atomic E-state index is 5.97. The van der Waals surface area contributed by atoms with E-state index in [1.807, 2.05) is 30.3 Å². The zero-order chi connectivity index (χ0) is 11.3. The Morgan fingerprint density at radius 3 is 2.75 bits per heavy atom. The van der Waals surface area contributed by atoms with Crippen LogP contribution in [0.5, 0.6) is 0 Å². The highest BCUT2D eigenvalue weighted by atomic mass is 35.5. The molecule has 3 N–H and O–H groups in total. The Labute approximate surface area is 98.0 Å². The predicted octanol–water partition coefficient (Wildman–Crippen LogP) is 3.87. The van der Waals surface area contributed by atoms with Gasteiger partial charge in [0.05, 0.1) is 0 Å². The minimum absolute atomic E-state index is 0.740. The quantitative estimate of drug-likeness (QED) is 0.566. The minimum Gasteiger partial charge on any atom is -0.399 e. The molecular weight excluding hydrogens is 220 g/mol. The van der Waals surface area contributed by atoms with E-state index in [-0.39, 0.29) is 0 Å². The van der Waals surface area contributed by atoms with Crippen molar-refractivity contribution < 1.29 is 0 Å². The maximum Gasteiger partial charge on any atom is 0.0488 e. The maximum absolute atomic E-state index is 5.97. The van der Waals surface area contributed by atoms with Gasteiger partial charge < -0.3 is 10.7 Å². The molecule has 80 valence electrons. The first kappa shape index (κ1) is 9.55. The van der Waals surface area contributed by atoms with Crippen LogP contribution in [0.25, 0.3) is 21.8 Å². The SMILES string of the molecule is Cc1cc(N)cc2[nH]c3cc(Cl)ccc3c12. The van der Waals surface area contributed by atoms with Gasteiger partial charge in [-0.25, -0.2) is 0 Å². The van der Waals surface area contributed by atoms with E-state index < -0.39 is 0 Å². The average Bonchev–Trinajstić information content (AvgIpc) is 2.54. The van der Waals surface area contributed by atoms with E-state index in [4.69, 9.17) is 17.3 Å². The van der Waals surface area contributed by atoms with Crippen molar-refractivity contribution in [2.75, 3.05) is 5.73 Å². The van der Waals surface area contributed by atoms with Crippen molar-refractivity contribution in [2.45, 2.75) is 6.92 Å². The van der Waals surface area contributed by atoms with Crippen LogP contribution in [0.4, 0.5) is 5.69 Å². The first-order chi connectivity index (χ1) is 7.65. The van der Waals surface area contributed by atoms with Gasteiger partial charge in [-0.2, -0.15) is 0 Å². The van der Waals surface area contributed by atoms with E-state index >= 15 is 0 Å². The monoisotopic (exact) mass is 230 g/mol. The summed E-state index contributed by atoms with van der Waals surface area (Å²) in [5.74, 6) is 0.